The van der Waals surface area contributed by atoms with Crippen LogP contribution < -0.4 is 5.32 Å². The lowest BCUT2D eigenvalue weighted by atomic mass is 10.0. The molecule has 1 aromatic carbocycles. The Bertz CT molecular complexity index is 618. The number of hydrogen-bond donors (Lipinski definition) is 1. The summed E-state index contributed by atoms with van der Waals surface area (Å²) in [7, 11) is 0. The second-order valence-electron chi connectivity index (χ2n) is 8.57. The molecule has 0 spiro atoms. The van der Waals surface area contributed by atoms with Crippen LogP contribution in [0.4, 0.5) is 5.69 Å². The largest absolute Gasteiger partial charge is 0.462 e. The summed E-state index contributed by atoms with van der Waals surface area (Å²) in [6.45, 7) is 7.08. The van der Waals surface area contributed by atoms with Gasteiger partial charge in [0.15, 0.2) is 5.12 Å². The van der Waals surface area contributed by atoms with Gasteiger partial charge in [-0.05, 0) is 50.5 Å². The van der Waals surface area contributed by atoms with E-state index in [0.717, 1.165) is 25.1 Å². The van der Waals surface area contributed by atoms with Gasteiger partial charge in [0.2, 0.25) is 0 Å². The molecule has 32 heavy (non-hydrogen) atoms. The van der Waals surface area contributed by atoms with Crippen molar-refractivity contribution in [1.82, 2.24) is 0 Å². The Hall–Kier alpha value is -1.49. The minimum atomic E-state index is -0.274. The highest BCUT2D eigenvalue weighted by atomic mass is 32.2. The van der Waals surface area contributed by atoms with E-state index < -0.39 is 0 Å². The van der Waals surface area contributed by atoms with E-state index in [9.17, 15) is 9.59 Å². The van der Waals surface area contributed by atoms with Crippen molar-refractivity contribution in [3.05, 3.63) is 29.8 Å². The third-order valence-corrected chi connectivity index (χ3v) is 6.78. The number of unbranched alkanes of at least 4 members (excludes halogenated alkanes) is 9. The number of benzene rings is 1. The number of nitrogens with one attached hydrogen (secondary N) is 1. The van der Waals surface area contributed by atoms with Gasteiger partial charge in [-0.2, -0.15) is 0 Å². The van der Waals surface area contributed by atoms with Crippen LogP contribution in [0.5, 0.6) is 0 Å². The van der Waals surface area contributed by atoms with Gasteiger partial charge in [0, 0.05) is 24.4 Å². The molecule has 0 amide bonds. The number of carbonyl (C=O) groups excluding carboxylic acids is 2. The molecule has 4 nitrogen and oxygen atoms in total. The molecule has 1 unspecified atom stereocenters. The SMILES string of the molecule is CCCCCCCCCCC(CCCCCNc1ccc(C(=O)OCC)cc1)SC(C)=O. The Kier molecular flexibility index (Phi) is 17.0. The average molecular weight is 464 g/mol. The molecule has 0 aliphatic heterocycles. The molecule has 0 heterocycles. The van der Waals surface area contributed by atoms with E-state index in [1.54, 1.807) is 30.8 Å². The standard InChI is InChI=1S/C27H45NO3S/c1-4-6-7-8-9-10-11-13-16-26(32-23(3)29)17-14-12-15-22-28-25-20-18-24(19-21-25)27(30)31-5-2/h18-21,26,28H,4-17,22H2,1-3H3. The van der Waals surface area contributed by atoms with Gasteiger partial charge in [-0.3, -0.25) is 4.79 Å². The summed E-state index contributed by atoms with van der Waals surface area (Å²) >= 11 is 1.55. The summed E-state index contributed by atoms with van der Waals surface area (Å²) < 4.78 is 5.01. The van der Waals surface area contributed by atoms with Gasteiger partial charge in [0.25, 0.3) is 0 Å². The normalized spacial score (nSPS) is 11.8. The Morgan fingerprint density at radius 1 is 0.844 bits per heavy atom. The zero-order chi connectivity index (χ0) is 23.4. The van der Waals surface area contributed by atoms with Crippen LogP contribution in [-0.2, 0) is 9.53 Å². The maximum atomic E-state index is 11.7. The number of carbonyl (C=O) groups is 2. The van der Waals surface area contributed by atoms with E-state index in [-0.39, 0.29) is 11.1 Å². The van der Waals surface area contributed by atoms with Crippen molar-refractivity contribution in [2.24, 2.45) is 0 Å². The van der Waals surface area contributed by atoms with Crippen molar-refractivity contribution < 1.29 is 14.3 Å². The predicted molar refractivity (Wildman–Crippen MR) is 139 cm³/mol. The number of hydrogen-bond acceptors (Lipinski definition) is 5. The fourth-order valence-electron chi connectivity index (χ4n) is 3.85. The Morgan fingerprint density at radius 2 is 1.41 bits per heavy atom. The number of thioether (sulfide) groups is 1. The van der Waals surface area contributed by atoms with Gasteiger partial charge in [-0.1, -0.05) is 82.9 Å². The average Bonchev–Trinajstić information content (AvgIpc) is 2.77. The topological polar surface area (TPSA) is 55.4 Å². The molecular formula is C27H45NO3S. The smallest absolute Gasteiger partial charge is 0.338 e. The lowest BCUT2D eigenvalue weighted by Gasteiger charge is -2.15. The maximum absolute atomic E-state index is 11.7. The number of esters is 1. The first-order valence-electron chi connectivity index (χ1n) is 12.7. The lowest BCUT2D eigenvalue weighted by Crippen LogP contribution is -2.07. The zero-order valence-corrected chi connectivity index (χ0v) is 21.4. The van der Waals surface area contributed by atoms with Gasteiger partial charge < -0.3 is 10.1 Å². The highest BCUT2D eigenvalue weighted by Gasteiger charge is 2.12. The Morgan fingerprint density at radius 3 is 1.97 bits per heavy atom. The van der Waals surface area contributed by atoms with Gasteiger partial charge in [0.1, 0.15) is 0 Å². The molecule has 1 N–H and O–H groups in total. The molecule has 0 aliphatic carbocycles. The first-order chi connectivity index (χ1) is 15.6. The summed E-state index contributed by atoms with van der Waals surface area (Å²) in [6, 6.07) is 7.45. The van der Waals surface area contributed by atoms with Crippen LogP contribution in [0.25, 0.3) is 0 Å². The van der Waals surface area contributed by atoms with Gasteiger partial charge in [-0.25, -0.2) is 4.79 Å². The monoisotopic (exact) mass is 463 g/mol. The van der Waals surface area contributed by atoms with Crippen molar-refractivity contribution in [1.29, 1.82) is 0 Å². The molecular weight excluding hydrogens is 418 g/mol. The van der Waals surface area contributed by atoms with Crippen LogP contribution in [0.2, 0.25) is 0 Å². The molecule has 0 saturated carbocycles. The Balaban J connectivity index is 2.15. The van der Waals surface area contributed by atoms with Crippen LogP contribution in [-0.4, -0.2) is 29.5 Å². The van der Waals surface area contributed by atoms with Crippen molar-refractivity contribution in [2.45, 2.75) is 109 Å². The van der Waals surface area contributed by atoms with Crippen molar-refractivity contribution in [3.63, 3.8) is 0 Å². The molecule has 1 atom stereocenters. The molecule has 0 bridgehead atoms. The number of anilines is 1. The summed E-state index contributed by atoms with van der Waals surface area (Å²) in [5.41, 5.74) is 1.61. The van der Waals surface area contributed by atoms with Gasteiger partial charge >= 0.3 is 5.97 Å². The summed E-state index contributed by atoms with van der Waals surface area (Å²) in [4.78, 5) is 23.3. The fraction of sp³-hybridized carbons (Fsp3) is 0.704. The molecule has 5 heteroatoms. The van der Waals surface area contributed by atoms with E-state index in [1.165, 1.54) is 70.6 Å². The van der Waals surface area contributed by atoms with E-state index >= 15 is 0 Å². The predicted octanol–water partition coefficient (Wildman–Crippen LogP) is 8.01. The van der Waals surface area contributed by atoms with Gasteiger partial charge in [0.05, 0.1) is 12.2 Å². The zero-order valence-electron chi connectivity index (χ0n) is 20.6. The van der Waals surface area contributed by atoms with E-state index in [2.05, 4.69) is 12.2 Å². The minimum absolute atomic E-state index is 0.252. The van der Waals surface area contributed by atoms with E-state index in [0.29, 0.717) is 17.4 Å². The van der Waals surface area contributed by atoms with Crippen LogP contribution in [0.15, 0.2) is 24.3 Å². The highest BCUT2D eigenvalue weighted by Crippen LogP contribution is 2.24. The van der Waals surface area contributed by atoms with E-state index in [1.807, 2.05) is 19.1 Å². The summed E-state index contributed by atoms with van der Waals surface area (Å²) in [6.07, 6.45) is 16.5. The van der Waals surface area contributed by atoms with Crippen molar-refractivity contribution >= 4 is 28.5 Å². The van der Waals surface area contributed by atoms with E-state index in [4.69, 9.17) is 4.74 Å². The number of rotatable bonds is 19. The molecule has 182 valence electrons. The second kappa shape index (κ2) is 19.0. The first kappa shape index (κ1) is 28.5. The van der Waals surface area contributed by atoms with Gasteiger partial charge in [-0.15, -0.1) is 0 Å². The Labute approximate surface area is 200 Å². The fourth-order valence-corrected chi connectivity index (χ4v) is 4.89. The van der Waals surface area contributed by atoms with Crippen molar-refractivity contribution in [2.75, 3.05) is 18.5 Å². The number of ether oxygens (including phenoxy) is 1. The maximum Gasteiger partial charge on any atom is 0.338 e. The van der Waals surface area contributed by atoms with Crippen LogP contribution in [0, 0.1) is 0 Å². The first-order valence-corrected chi connectivity index (χ1v) is 13.6. The third-order valence-electron chi connectivity index (χ3n) is 5.64. The van der Waals surface area contributed by atoms with Crippen LogP contribution in [0.1, 0.15) is 115 Å². The lowest BCUT2D eigenvalue weighted by molar-refractivity contribution is -0.109. The quantitative estimate of drug-likeness (QED) is 0.166. The molecule has 0 radical (unpaired) electrons. The van der Waals surface area contributed by atoms with Crippen molar-refractivity contribution in [3.8, 4) is 0 Å². The molecule has 0 aliphatic rings. The molecule has 0 saturated heterocycles. The summed E-state index contributed by atoms with van der Waals surface area (Å²) in [5.74, 6) is -0.274. The van der Waals surface area contributed by atoms with Crippen LogP contribution >= 0.6 is 11.8 Å². The van der Waals surface area contributed by atoms with Crippen LogP contribution in [0.3, 0.4) is 0 Å². The summed E-state index contributed by atoms with van der Waals surface area (Å²) in [5, 5.41) is 4.15. The third kappa shape index (κ3) is 14.5. The molecule has 1 rings (SSSR count). The second-order valence-corrected chi connectivity index (χ2v) is 10.0. The molecule has 0 fully saturated rings. The molecule has 1 aromatic rings. The molecule has 0 aromatic heterocycles. The minimum Gasteiger partial charge on any atom is -0.462 e. The highest BCUT2D eigenvalue weighted by molar-refractivity contribution is 8.14.